The van der Waals surface area contributed by atoms with E-state index in [-0.39, 0.29) is 11.2 Å². The minimum atomic E-state index is -1.53. The molecule has 1 fully saturated rings. The third-order valence-electron chi connectivity index (χ3n) is 4.02. The van der Waals surface area contributed by atoms with Crippen molar-refractivity contribution in [1.29, 1.82) is 0 Å². The molecule has 3 rings (SSSR count). The zero-order valence-corrected chi connectivity index (χ0v) is 13.3. The van der Waals surface area contributed by atoms with Crippen LogP contribution in [0.25, 0.3) is 11.0 Å². The second-order valence-electron chi connectivity index (χ2n) is 5.72. The van der Waals surface area contributed by atoms with Crippen LogP contribution in [-0.2, 0) is 4.74 Å². The highest BCUT2D eigenvalue weighted by Gasteiger charge is 2.44. The topological polar surface area (TPSA) is 161 Å². The van der Waals surface area contributed by atoms with Gasteiger partial charge in [0.05, 0.1) is 6.61 Å². The summed E-state index contributed by atoms with van der Waals surface area (Å²) < 4.78 is 15.9. The van der Waals surface area contributed by atoms with E-state index in [1.165, 1.54) is 12.1 Å². The smallest absolute Gasteiger partial charge is 0.336 e. The van der Waals surface area contributed by atoms with Gasteiger partial charge in [-0.3, -0.25) is 0 Å². The molecule has 5 atom stereocenters. The Morgan fingerprint density at radius 1 is 1.12 bits per heavy atom. The molecule has 6 N–H and O–H groups in total. The molecule has 0 amide bonds. The maximum absolute atomic E-state index is 11.5. The molecule has 25 heavy (non-hydrogen) atoms. The van der Waals surface area contributed by atoms with Crippen LogP contribution in [-0.4, -0.2) is 63.2 Å². The number of fused-ring (bicyclic) bond motifs is 1. The van der Waals surface area contributed by atoms with E-state index >= 15 is 0 Å². The van der Waals surface area contributed by atoms with E-state index in [4.69, 9.17) is 19.0 Å². The quantitative estimate of drug-likeness (QED) is 0.481. The predicted octanol–water partition coefficient (Wildman–Crippen LogP) is -1.54. The van der Waals surface area contributed by atoms with Gasteiger partial charge in [0.15, 0.2) is 0 Å². The molecule has 2 aromatic rings. The summed E-state index contributed by atoms with van der Waals surface area (Å²) in [5.74, 6) is 0.237. The molecule has 9 heteroatoms. The fourth-order valence-electron chi connectivity index (χ4n) is 2.68. The van der Waals surface area contributed by atoms with Crippen molar-refractivity contribution in [3.8, 4) is 5.75 Å². The highest BCUT2D eigenvalue weighted by atomic mass is 16.7. The number of benzene rings is 1. The molecule has 1 saturated heterocycles. The summed E-state index contributed by atoms with van der Waals surface area (Å²) in [4.78, 5) is 11.5. The molecule has 1 aliphatic rings. The third kappa shape index (κ3) is 3.66. The molecule has 1 aromatic heterocycles. The van der Waals surface area contributed by atoms with E-state index in [1.807, 2.05) is 0 Å². The van der Waals surface area contributed by atoms with Crippen molar-refractivity contribution in [2.24, 2.45) is 0 Å². The Bertz CT molecular complexity index is 785. The first-order valence-corrected chi connectivity index (χ1v) is 7.42. The van der Waals surface area contributed by atoms with Crippen molar-refractivity contribution in [3.63, 3.8) is 0 Å². The lowest BCUT2D eigenvalue weighted by Gasteiger charge is -2.39. The molecule has 0 spiro atoms. The van der Waals surface area contributed by atoms with Crippen LogP contribution < -0.4 is 10.4 Å². The molecule has 0 saturated carbocycles. The Morgan fingerprint density at radius 3 is 2.52 bits per heavy atom. The SMILES string of the molecule is Cc1cc(=O)oc2cc(O[C@H]3O[C@H](CO)[C@H](O)[C@H](O)[C@H]3O)ccc12.O. The highest BCUT2D eigenvalue weighted by molar-refractivity contribution is 5.81. The largest absolute Gasteiger partial charge is 0.462 e. The van der Waals surface area contributed by atoms with Crippen LogP contribution in [0, 0.1) is 6.92 Å². The van der Waals surface area contributed by atoms with Gasteiger partial charge in [-0.1, -0.05) is 0 Å². The van der Waals surface area contributed by atoms with Crippen molar-refractivity contribution >= 4 is 11.0 Å². The first kappa shape index (κ1) is 19.3. The molecule has 0 radical (unpaired) electrons. The van der Waals surface area contributed by atoms with Gasteiger partial charge in [-0.25, -0.2) is 4.79 Å². The Kier molecular flexibility index (Phi) is 5.78. The lowest BCUT2D eigenvalue weighted by Crippen LogP contribution is -2.60. The monoisotopic (exact) mass is 356 g/mol. The van der Waals surface area contributed by atoms with E-state index < -0.39 is 42.9 Å². The molecule has 0 bridgehead atoms. The van der Waals surface area contributed by atoms with Crippen molar-refractivity contribution in [3.05, 3.63) is 40.2 Å². The van der Waals surface area contributed by atoms with Crippen LogP contribution >= 0.6 is 0 Å². The van der Waals surface area contributed by atoms with Gasteiger partial charge in [0.1, 0.15) is 35.7 Å². The average Bonchev–Trinajstić information content (AvgIpc) is 2.55. The zero-order valence-electron chi connectivity index (χ0n) is 13.3. The number of hydrogen-bond acceptors (Lipinski definition) is 8. The van der Waals surface area contributed by atoms with Crippen molar-refractivity contribution in [2.75, 3.05) is 6.61 Å². The molecular weight excluding hydrogens is 336 g/mol. The van der Waals surface area contributed by atoms with Gasteiger partial charge in [-0.05, 0) is 24.6 Å². The third-order valence-corrected chi connectivity index (χ3v) is 4.02. The Morgan fingerprint density at radius 2 is 1.84 bits per heavy atom. The number of aliphatic hydroxyl groups excluding tert-OH is 4. The van der Waals surface area contributed by atoms with Crippen molar-refractivity contribution < 1.29 is 39.8 Å². The summed E-state index contributed by atoms with van der Waals surface area (Å²) in [5.41, 5.74) is 0.563. The Balaban J connectivity index is 0.00000225. The van der Waals surface area contributed by atoms with E-state index in [2.05, 4.69) is 0 Å². The summed E-state index contributed by atoms with van der Waals surface area (Å²) in [6.07, 6.45) is -6.85. The number of rotatable bonds is 3. The molecule has 1 aromatic carbocycles. The van der Waals surface area contributed by atoms with Gasteiger partial charge in [0.2, 0.25) is 6.29 Å². The lowest BCUT2D eigenvalue weighted by atomic mass is 9.99. The second-order valence-corrected chi connectivity index (χ2v) is 5.72. The maximum Gasteiger partial charge on any atom is 0.336 e. The van der Waals surface area contributed by atoms with Crippen LogP contribution in [0.15, 0.2) is 33.5 Å². The standard InChI is InChI=1S/C16H18O8.H2O/c1-7-4-12(18)23-10-5-8(2-3-9(7)10)22-16-15(21)14(20)13(19)11(6-17)24-16;/h2-5,11,13-17,19-21H,6H2,1H3;1H2/t11-,13+,14+,15-,16+;/m1./s1. The molecule has 0 unspecified atom stereocenters. The second kappa shape index (κ2) is 7.48. The van der Waals surface area contributed by atoms with Gasteiger partial charge in [0, 0.05) is 17.5 Å². The fraction of sp³-hybridized carbons (Fsp3) is 0.438. The minimum absolute atomic E-state index is 0. The zero-order chi connectivity index (χ0) is 17.4. The summed E-state index contributed by atoms with van der Waals surface area (Å²) in [5, 5.41) is 39.4. The molecule has 1 aliphatic heterocycles. The van der Waals surface area contributed by atoms with E-state index in [0.29, 0.717) is 5.58 Å². The fourth-order valence-corrected chi connectivity index (χ4v) is 2.68. The van der Waals surface area contributed by atoms with Gasteiger partial charge in [-0.2, -0.15) is 0 Å². The van der Waals surface area contributed by atoms with Crippen LogP contribution in [0.5, 0.6) is 5.75 Å². The number of aliphatic hydroxyl groups is 4. The van der Waals surface area contributed by atoms with Crippen molar-refractivity contribution in [2.45, 2.75) is 37.6 Å². The van der Waals surface area contributed by atoms with E-state index in [9.17, 15) is 20.1 Å². The Labute approximate surface area is 142 Å². The Hall–Kier alpha value is -2.01. The molecule has 138 valence electrons. The first-order valence-electron chi connectivity index (χ1n) is 7.42. The van der Waals surface area contributed by atoms with Crippen molar-refractivity contribution in [1.82, 2.24) is 0 Å². The van der Waals surface area contributed by atoms with E-state index in [0.717, 1.165) is 10.9 Å². The molecule has 9 nitrogen and oxygen atoms in total. The maximum atomic E-state index is 11.5. The minimum Gasteiger partial charge on any atom is -0.462 e. The number of aryl methyl sites for hydroxylation is 1. The number of ether oxygens (including phenoxy) is 2. The highest BCUT2D eigenvalue weighted by Crippen LogP contribution is 2.27. The number of hydrogen-bond donors (Lipinski definition) is 4. The summed E-state index contributed by atoms with van der Waals surface area (Å²) in [7, 11) is 0. The predicted molar refractivity (Wildman–Crippen MR) is 85.2 cm³/mol. The average molecular weight is 356 g/mol. The molecular formula is C16H20O9. The van der Waals surface area contributed by atoms with Gasteiger partial charge < -0.3 is 39.8 Å². The van der Waals surface area contributed by atoms with Gasteiger partial charge in [0.25, 0.3) is 0 Å². The van der Waals surface area contributed by atoms with Crippen LogP contribution in [0.1, 0.15) is 5.56 Å². The van der Waals surface area contributed by atoms with Crippen LogP contribution in [0.3, 0.4) is 0 Å². The van der Waals surface area contributed by atoms with Gasteiger partial charge >= 0.3 is 5.63 Å². The molecule has 2 heterocycles. The summed E-state index contributed by atoms with van der Waals surface area (Å²) in [6, 6.07) is 6.12. The molecule has 0 aliphatic carbocycles. The van der Waals surface area contributed by atoms with Gasteiger partial charge in [-0.15, -0.1) is 0 Å². The van der Waals surface area contributed by atoms with E-state index in [1.54, 1.807) is 19.1 Å². The van der Waals surface area contributed by atoms with Crippen LogP contribution in [0.2, 0.25) is 0 Å². The lowest BCUT2D eigenvalue weighted by molar-refractivity contribution is -0.277. The summed E-state index contributed by atoms with van der Waals surface area (Å²) >= 11 is 0. The normalized spacial score (nSPS) is 29.2. The summed E-state index contributed by atoms with van der Waals surface area (Å²) in [6.45, 7) is 1.23. The first-order chi connectivity index (χ1) is 11.4. The van der Waals surface area contributed by atoms with Crippen LogP contribution in [0.4, 0.5) is 0 Å².